The average molecular weight is 262 g/mol. The van der Waals surface area contributed by atoms with Crippen LogP contribution in [0.25, 0.3) is 0 Å². The molecule has 5 heteroatoms. The Morgan fingerprint density at radius 1 is 1.31 bits per heavy atom. The topological polar surface area (TPSA) is 46.5 Å². The number of hydrogen-bond acceptors (Lipinski definition) is 2. The van der Waals surface area contributed by atoms with Gasteiger partial charge in [0.2, 0.25) is 0 Å². The molecule has 0 radical (unpaired) electrons. The first-order valence-electron chi connectivity index (χ1n) is 5.15. The van der Waals surface area contributed by atoms with Gasteiger partial charge in [0.25, 0.3) is 0 Å². The summed E-state index contributed by atoms with van der Waals surface area (Å²) in [5.74, 6) is 0. The van der Waals surface area contributed by atoms with Gasteiger partial charge in [0.15, 0.2) is 5.60 Å². The molecule has 0 saturated heterocycles. The SMILES string of the molecule is CCC(CC)(O[P+](=O)O)c1ccc(Cl)cc1. The van der Waals surface area contributed by atoms with E-state index in [2.05, 4.69) is 0 Å². The highest BCUT2D eigenvalue weighted by Crippen LogP contribution is 2.40. The summed E-state index contributed by atoms with van der Waals surface area (Å²) in [5, 5.41) is 0.637. The number of hydrogen-bond donors (Lipinski definition) is 1. The smallest absolute Gasteiger partial charge is 0.133 e. The summed E-state index contributed by atoms with van der Waals surface area (Å²) in [6.45, 7) is 3.86. The van der Waals surface area contributed by atoms with Gasteiger partial charge in [-0.2, -0.15) is 0 Å². The van der Waals surface area contributed by atoms with Crippen LogP contribution in [-0.4, -0.2) is 4.89 Å². The first-order valence-corrected chi connectivity index (χ1v) is 6.66. The Balaban J connectivity index is 3.09. The second-order valence-electron chi connectivity index (χ2n) is 3.54. The molecular weight excluding hydrogens is 247 g/mol. The zero-order valence-electron chi connectivity index (χ0n) is 9.31. The number of rotatable bonds is 5. The van der Waals surface area contributed by atoms with E-state index in [-0.39, 0.29) is 0 Å². The Morgan fingerprint density at radius 2 is 1.81 bits per heavy atom. The van der Waals surface area contributed by atoms with Crippen LogP contribution in [0.3, 0.4) is 0 Å². The summed E-state index contributed by atoms with van der Waals surface area (Å²) in [7, 11) is -2.61. The van der Waals surface area contributed by atoms with Crippen molar-refractivity contribution >= 4 is 19.9 Å². The molecule has 0 aliphatic heterocycles. The fourth-order valence-electron chi connectivity index (χ4n) is 1.74. The quantitative estimate of drug-likeness (QED) is 0.814. The van der Waals surface area contributed by atoms with Crippen molar-refractivity contribution in [1.82, 2.24) is 0 Å². The van der Waals surface area contributed by atoms with Crippen LogP contribution in [0.2, 0.25) is 5.02 Å². The summed E-state index contributed by atoms with van der Waals surface area (Å²) in [6.07, 6.45) is 1.26. The molecule has 0 saturated carbocycles. The molecule has 0 spiro atoms. The number of halogens is 1. The maximum Gasteiger partial charge on any atom is 0.695 e. The van der Waals surface area contributed by atoms with E-state index in [9.17, 15) is 4.57 Å². The van der Waals surface area contributed by atoms with E-state index in [0.717, 1.165) is 5.56 Å². The fraction of sp³-hybridized carbons (Fsp3) is 0.455. The molecule has 1 aromatic rings. The van der Waals surface area contributed by atoms with Crippen molar-refractivity contribution in [3.05, 3.63) is 34.9 Å². The lowest BCUT2D eigenvalue weighted by Crippen LogP contribution is -2.25. The first-order chi connectivity index (χ1) is 7.54. The summed E-state index contributed by atoms with van der Waals surface area (Å²) < 4.78 is 16.1. The Morgan fingerprint density at radius 3 is 2.19 bits per heavy atom. The van der Waals surface area contributed by atoms with Crippen LogP contribution in [0.15, 0.2) is 24.3 Å². The Kier molecular flexibility index (Phi) is 4.88. The van der Waals surface area contributed by atoms with Crippen molar-refractivity contribution in [2.45, 2.75) is 32.3 Å². The zero-order valence-corrected chi connectivity index (χ0v) is 11.0. The van der Waals surface area contributed by atoms with Gasteiger partial charge >= 0.3 is 8.25 Å². The molecule has 0 fully saturated rings. The molecule has 1 unspecified atom stereocenters. The van der Waals surface area contributed by atoms with Gasteiger partial charge in [-0.1, -0.05) is 37.6 Å². The van der Waals surface area contributed by atoms with Gasteiger partial charge in [0, 0.05) is 9.59 Å². The van der Waals surface area contributed by atoms with E-state index < -0.39 is 13.9 Å². The minimum absolute atomic E-state index is 0.632. The van der Waals surface area contributed by atoms with Gasteiger partial charge < -0.3 is 0 Å². The molecule has 0 aromatic heterocycles. The molecule has 0 bridgehead atoms. The van der Waals surface area contributed by atoms with Crippen LogP contribution in [-0.2, 0) is 14.7 Å². The predicted octanol–water partition coefficient (Wildman–Crippen LogP) is 4.02. The summed E-state index contributed by atoms with van der Waals surface area (Å²) in [6, 6.07) is 7.16. The van der Waals surface area contributed by atoms with Crippen molar-refractivity contribution in [2.75, 3.05) is 0 Å². The molecule has 0 heterocycles. The third-order valence-corrected chi connectivity index (χ3v) is 3.52. The molecule has 16 heavy (non-hydrogen) atoms. The molecule has 3 nitrogen and oxygen atoms in total. The Bertz CT molecular complexity index is 360. The van der Waals surface area contributed by atoms with Crippen LogP contribution >= 0.6 is 19.9 Å². The normalized spacial score (nSPS) is 12.6. The highest BCUT2D eigenvalue weighted by molar-refractivity contribution is 7.32. The minimum Gasteiger partial charge on any atom is -0.133 e. The molecule has 0 aliphatic rings. The predicted molar refractivity (Wildman–Crippen MR) is 64.6 cm³/mol. The molecular formula is C11H15ClO3P+. The molecule has 1 atom stereocenters. The average Bonchev–Trinajstić information content (AvgIpc) is 2.27. The molecule has 1 N–H and O–H groups in total. The lowest BCUT2D eigenvalue weighted by Gasteiger charge is -2.25. The van der Waals surface area contributed by atoms with Crippen LogP contribution in [0.5, 0.6) is 0 Å². The van der Waals surface area contributed by atoms with Gasteiger partial charge in [-0.05, 0) is 30.5 Å². The van der Waals surface area contributed by atoms with Gasteiger partial charge in [-0.25, -0.2) is 0 Å². The van der Waals surface area contributed by atoms with E-state index in [1.54, 1.807) is 12.1 Å². The van der Waals surface area contributed by atoms with E-state index >= 15 is 0 Å². The molecule has 0 aliphatic carbocycles. The molecule has 1 aromatic carbocycles. The van der Waals surface area contributed by atoms with Crippen molar-refractivity contribution in [2.24, 2.45) is 0 Å². The maximum absolute atomic E-state index is 10.9. The lowest BCUT2D eigenvalue weighted by molar-refractivity contribution is 0.0536. The first kappa shape index (κ1) is 13.6. The zero-order chi connectivity index (χ0) is 12.2. The lowest BCUT2D eigenvalue weighted by atomic mass is 9.89. The van der Waals surface area contributed by atoms with Gasteiger partial charge in [-0.15, -0.1) is 9.42 Å². The summed E-state index contributed by atoms with van der Waals surface area (Å²) >= 11 is 5.81. The van der Waals surface area contributed by atoms with Crippen LogP contribution in [0.1, 0.15) is 32.3 Å². The highest BCUT2D eigenvalue weighted by atomic mass is 35.5. The van der Waals surface area contributed by atoms with Crippen LogP contribution in [0.4, 0.5) is 0 Å². The van der Waals surface area contributed by atoms with E-state index in [4.69, 9.17) is 21.0 Å². The molecule has 1 rings (SSSR count). The van der Waals surface area contributed by atoms with Gasteiger partial charge in [0.05, 0.1) is 0 Å². The van der Waals surface area contributed by atoms with Crippen molar-refractivity contribution < 1.29 is 14.0 Å². The molecule has 0 amide bonds. The summed E-state index contributed by atoms with van der Waals surface area (Å²) in [4.78, 5) is 8.93. The van der Waals surface area contributed by atoms with Gasteiger partial charge in [0.1, 0.15) is 0 Å². The maximum atomic E-state index is 10.9. The number of benzene rings is 1. The van der Waals surface area contributed by atoms with Crippen LogP contribution < -0.4 is 0 Å². The Hall–Kier alpha value is -0.470. The van der Waals surface area contributed by atoms with E-state index in [0.29, 0.717) is 17.9 Å². The highest BCUT2D eigenvalue weighted by Gasteiger charge is 2.38. The van der Waals surface area contributed by atoms with Gasteiger partial charge in [-0.3, -0.25) is 0 Å². The van der Waals surface area contributed by atoms with E-state index in [1.807, 2.05) is 26.0 Å². The summed E-state index contributed by atoms with van der Waals surface area (Å²) in [5.41, 5.74) is 0.173. The minimum atomic E-state index is -2.61. The fourth-order valence-corrected chi connectivity index (χ4v) is 2.53. The third kappa shape index (κ3) is 3.02. The Labute approximate surface area is 101 Å². The largest absolute Gasteiger partial charge is 0.695 e. The second-order valence-corrected chi connectivity index (χ2v) is 4.63. The monoisotopic (exact) mass is 261 g/mol. The van der Waals surface area contributed by atoms with Crippen LogP contribution in [0, 0.1) is 0 Å². The third-order valence-electron chi connectivity index (χ3n) is 2.77. The van der Waals surface area contributed by atoms with Crippen molar-refractivity contribution in [3.63, 3.8) is 0 Å². The standard InChI is InChI=1S/C11H14ClO3P/c1-3-11(4-2,15-16(13)14)9-5-7-10(12)8-6-9/h5-8H,3-4H2,1-2H3/p+1. The second kappa shape index (κ2) is 5.74. The van der Waals surface area contributed by atoms with E-state index in [1.165, 1.54) is 0 Å². The van der Waals surface area contributed by atoms with Crippen molar-refractivity contribution in [3.8, 4) is 0 Å². The molecule has 88 valence electrons. The van der Waals surface area contributed by atoms with Crippen molar-refractivity contribution in [1.29, 1.82) is 0 Å².